The third kappa shape index (κ3) is 4.38. The van der Waals surface area contributed by atoms with E-state index in [1.807, 2.05) is 6.07 Å². The molecular weight excluding hydrogens is 362 g/mol. The van der Waals surface area contributed by atoms with Gasteiger partial charge >= 0.3 is 0 Å². The van der Waals surface area contributed by atoms with E-state index in [1.54, 1.807) is 48.5 Å². The molecule has 3 rings (SSSR count). The molecule has 2 aromatic rings. The van der Waals surface area contributed by atoms with Crippen molar-refractivity contribution < 1.29 is 13.2 Å². The van der Waals surface area contributed by atoms with Crippen molar-refractivity contribution in [1.82, 2.24) is 8.61 Å². The van der Waals surface area contributed by atoms with Crippen molar-refractivity contribution in [2.45, 2.75) is 6.54 Å². The summed E-state index contributed by atoms with van der Waals surface area (Å²) in [4.78, 5) is 12.1. The smallest absolute Gasteiger partial charge is 0.282 e. The highest BCUT2D eigenvalue weighted by Crippen LogP contribution is 2.20. The van der Waals surface area contributed by atoms with Gasteiger partial charge in [0, 0.05) is 30.3 Å². The van der Waals surface area contributed by atoms with Crippen LogP contribution in [0, 0.1) is 0 Å². The standard InChI is InChI=1S/C17H18ClN3O3S/c18-15-8-6-14(7-9-15)12-20-10-11-21(25(20,23)24)13-17(22)19-16-4-2-1-3-5-16/h1-9H,10-13H2,(H,19,22). The Morgan fingerprint density at radius 1 is 1.00 bits per heavy atom. The van der Waals surface area contributed by atoms with Crippen LogP contribution in [-0.4, -0.2) is 42.6 Å². The van der Waals surface area contributed by atoms with Crippen LogP contribution >= 0.6 is 11.6 Å². The largest absolute Gasteiger partial charge is 0.325 e. The van der Waals surface area contributed by atoms with Gasteiger partial charge < -0.3 is 5.32 Å². The fraction of sp³-hybridized carbons (Fsp3) is 0.235. The molecule has 1 saturated heterocycles. The lowest BCUT2D eigenvalue weighted by Gasteiger charge is -2.18. The van der Waals surface area contributed by atoms with Crippen LogP contribution in [0.2, 0.25) is 5.02 Å². The second-order valence-electron chi connectivity index (χ2n) is 5.72. The quantitative estimate of drug-likeness (QED) is 0.866. The molecule has 8 heteroatoms. The number of anilines is 1. The fourth-order valence-electron chi connectivity index (χ4n) is 2.61. The summed E-state index contributed by atoms with van der Waals surface area (Å²) in [5.74, 6) is -0.358. The van der Waals surface area contributed by atoms with Gasteiger partial charge in [0.25, 0.3) is 10.2 Å². The maximum absolute atomic E-state index is 12.6. The highest BCUT2D eigenvalue weighted by Gasteiger charge is 2.37. The summed E-state index contributed by atoms with van der Waals surface area (Å²) in [6, 6.07) is 16.0. The molecule has 0 unspecified atom stereocenters. The Labute approximate surface area is 152 Å². The van der Waals surface area contributed by atoms with Crippen molar-refractivity contribution in [3.63, 3.8) is 0 Å². The minimum Gasteiger partial charge on any atom is -0.325 e. The number of para-hydroxylation sites is 1. The van der Waals surface area contributed by atoms with Crippen LogP contribution in [0.3, 0.4) is 0 Å². The van der Waals surface area contributed by atoms with E-state index in [2.05, 4.69) is 5.32 Å². The van der Waals surface area contributed by atoms with Gasteiger partial charge in [-0.05, 0) is 29.8 Å². The first-order chi connectivity index (χ1) is 11.9. The number of nitrogens with zero attached hydrogens (tertiary/aromatic N) is 2. The zero-order valence-corrected chi connectivity index (χ0v) is 15.0. The van der Waals surface area contributed by atoms with Crippen molar-refractivity contribution in [2.24, 2.45) is 0 Å². The van der Waals surface area contributed by atoms with Gasteiger partial charge in [-0.2, -0.15) is 17.0 Å². The molecule has 1 amide bonds. The molecule has 1 fully saturated rings. The Morgan fingerprint density at radius 2 is 1.64 bits per heavy atom. The predicted octanol–water partition coefficient (Wildman–Crippen LogP) is 2.34. The lowest BCUT2D eigenvalue weighted by atomic mass is 10.2. The lowest BCUT2D eigenvalue weighted by Crippen LogP contribution is -2.37. The van der Waals surface area contributed by atoms with E-state index >= 15 is 0 Å². The minimum absolute atomic E-state index is 0.200. The number of benzene rings is 2. The van der Waals surface area contributed by atoms with Crippen LogP contribution in [0.5, 0.6) is 0 Å². The van der Waals surface area contributed by atoms with Crippen molar-refractivity contribution in [3.8, 4) is 0 Å². The van der Waals surface area contributed by atoms with E-state index in [0.29, 0.717) is 17.3 Å². The zero-order chi connectivity index (χ0) is 17.9. The second-order valence-corrected chi connectivity index (χ2v) is 8.08. The molecule has 0 aromatic heterocycles. The van der Waals surface area contributed by atoms with Gasteiger partial charge in [-0.15, -0.1) is 0 Å². The van der Waals surface area contributed by atoms with Crippen LogP contribution in [0.15, 0.2) is 54.6 Å². The van der Waals surface area contributed by atoms with E-state index in [1.165, 1.54) is 8.61 Å². The van der Waals surface area contributed by atoms with Gasteiger partial charge in [-0.25, -0.2) is 0 Å². The molecule has 0 atom stereocenters. The number of hydrogen-bond acceptors (Lipinski definition) is 3. The molecule has 25 heavy (non-hydrogen) atoms. The van der Waals surface area contributed by atoms with E-state index in [-0.39, 0.29) is 25.5 Å². The number of hydrogen-bond donors (Lipinski definition) is 1. The van der Waals surface area contributed by atoms with Gasteiger partial charge in [-0.3, -0.25) is 4.79 Å². The monoisotopic (exact) mass is 379 g/mol. The maximum atomic E-state index is 12.6. The van der Waals surface area contributed by atoms with Crippen molar-refractivity contribution in [3.05, 3.63) is 65.2 Å². The Kier molecular flexibility index (Phi) is 5.39. The van der Waals surface area contributed by atoms with Crippen molar-refractivity contribution >= 4 is 33.4 Å². The van der Waals surface area contributed by atoms with Crippen LogP contribution in [-0.2, 0) is 21.5 Å². The van der Waals surface area contributed by atoms with Crippen LogP contribution in [0.1, 0.15) is 5.56 Å². The van der Waals surface area contributed by atoms with E-state index in [0.717, 1.165) is 5.56 Å². The average molecular weight is 380 g/mol. The van der Waals surface area contributed by atoms with Crippen LogP contribution in [0.4, 0.5) is 5.69 Å². The summed E-state index contributed by atoms with van der Waals surface area (Å²) in [6.07, 6.45) is 0. The summed E-state index contributed by atoms with van der Waals surface area (Å²) in [5.41, 5.74) is 1.49. The Bertz CT molecular complexity index is 841. The van der Waals surface area contributed by atoms with Crippen molar-refractivity contribution in [2.75, 3.05) is 25.0 Å². The second kappa shape index (κ2) is 7.53. The Balaban J connectivity index is 1.62. The molecule has 6 nitrogen and oxygen atoms in total. The normalized spacial score (nSPS) is 17.5. The van der Waals surface area contributed by atoms with E-state index in [4.69, 9.17) is 11.6 Å². The number of carbonyl (C=O) groups is 1. The molecule has 1 heterocycles. The number of amides is 1. The zero-order valence-electron chi connectivity index (χ0n) is 13.4. The molecule has 0 aliphatic carbocycles. The molecule has 0 bridgehead atoms. The summed E-state index contributed by atoms with van der Waals surface area (Å²) < 4.78 is 27.8. The summed E-state index contributed by atoms with van der Waals surface area (Å²) >= 11 is 5.85. The first-order valence-corrected chi connectivity index (χ1v) is 9.57. The van der Waals surface area contributed by atoms with Crippen LogP contribution in [0.25, 0.3) is 0 Å². The summed E-state index contributed by atoms with van der Waals surface area (Å²) in [7, 11) is -3.65. The lowest BCUT2D eigenvalue weighted by molar-refractivity contribution is -0.116. The van der Waals surface area contributed by atoms with Gasteiger partial charge in [0.15, 0.2) is 0 Å². The number of carbonyl (C=O) groups excluding carboxylic acids is 1. The Morgan fingerprint density at radius 3 is 2.32 bits per heavy atom. The summed E-state index contributed by atoms with van der Waals surface area (Å²) in [6.45, 7) is 0.701. The van der Waals surface area contributed by atoms with Gasteiger partial charge in [0.2, 0.25) is 5.91 Å². The van der Waals surface area contributed by atoms with Gasteiger partial charge in [-0.1, -0.05) is 41.9 Å². The number of rotatable bonds is 5. The maximum Gasteiger partial charge on any atom is 0.282 e. The molecule has 1 aliphatic rings. The molecule has 1 aliphatic heterocycles. The van der Waals surface area contributed by atoms with E-state index in [9.17, 15) is 13.2 Å². The molecule has 0 saturated carbocycles. The molecule has 1 N–H and O–H groups in total. The average Bonchev–Trinajstić information content (AvgIpc) is 2.85. The van der Waals surface area contributed by atoms with Gasteiger partial charge in [0.1, 0.15) is 0 Å². The number of nitrogens with one attached hydrogen (secondary N) is 1. The fourth-order valence-corrected chi connectivity index (χ4v) is 4.28. The topological polar surface area (TPSA) is 69.7 Å². The van der Waals surface area contributed by atoms with Crippen molar-refractivity contribution in [1.29, 1.82) is 0 Å². The highest BCUT2D eigenvalue weighted by molar-refractivity contribution is 7.87. The first-order valence-electron chi connectivity index (χ1n) is 7.80. The molecule has 132 valence electrons. The highest BCUT2D eigenvalue weighted by atomic mass is 35.5. The molecular formula is C17H18ClN3O3S. The van der Waals surface area contributed by atoms with E-state index < -0.39 is 10.2 Å². The Hall–Kier alpha value is -1.93. The summed E-state index contributed by atoms with van der Waals surface area (Å²) in [5, 5.41) is 3.30. The number of halogens is 1. The predicted molar refractivity (Wildman–Crippen MR) is 97.4 cm³/mol. The third-order valence-electron chi connectivity index (χ3n) is 3.90. The molecule has 0 spiro atoms. The molecule has 2 aromatic carbocycles. The minimum atomic E-state index is -3.65. The SMILES string of the molecule is O=C(CN1CCN(Cc2ccc(Cl)cc2)S1(=O)=O)Nc1ccccc1. The molecule has 0 radical (unpaired) electrons. The first kappa shape index (κ1) is 17.9. The van der Waals surface area contributed by atoms with Gasteiger partial charge in [0.05, 0.1) is 6.54 Å². The third-order valence-corrected chi connectivity index (χ3v) is 6.08. The van der Waals surface area contributed by atoms with Crippen LogP contribution < -0.4 is 5.32 Å².